The fraction of sp³-hybridized carbons (Fsp3) is 0.222. The first-order valence-corrected chi connectivity index (χ1v) is 3.79. The van der Waals surface area contributed by atoms with Gasteiger partial charge in [0.1, 0.15) is 5.69 Å². The number of aromatic nitrogens is 2. The molecule has 0 amide bonds. The van der Waals surface area contributed by atoms with Crippen molar-refractivity contribution in [2.75, 3.05) is 7.11 Å². The van der Waals surface area contributed by atoms with Crippen molar-refractivity contribution in [3.63, 3.8) is 0 Å². The summed E-state index contributed by atoms with van der Waals surface area (Å²) >= 11 is 0. The van der Waals surface area contributed by atoms with Crippen LogP contribution in [-0.2, 0) is 0 Å². The molecule has 0 bridgehead atoms. The Morgan fingerprint density at radius 2 is 2.38 bits per heavy atom. The molecule has 0 aliphatic rings. The molecule has 0 radical (unpaired) electrons. The third-order valence-electron chi connectivity index (χ3n) is 1.46. The quantitative estimate of drug-likeness (QED) is 0.514. The highest BCUT2D eigenvalue weighted by Crippen LogP contribution is 2.05. The highest BCUT2D eigenvalue weighted by atomic mass is 16.5. The Morgan fingerprint density at radius 3 is 2.85 bits per heavy atom. The molecular weight excluding hydrogens is 168 g/mol. The number of rotatable bonds is 4. The van der Waals surface area contributed by atoms with Crippen LogP contribution in [0.2, 0.25) is 0 Å². The van der Waals surface area contributed by atoms with Crippen LogP contribution in [0.5, 0.6) is 5.88 Å². The van der Waals surface area contributed by atoms with Crippen molar-refractivity contribution in [1.82, 2.24) is 10.2 Å². The molecule has 1 aromatic rings. The monoisotopic (exact) mass is 178 g/mol. The second kappa shape index (κ2) is 4.35. The van der Waals surface area contributed by atoms with Crippen molar-refractivity contribution in [3.05, 3.63) is 30.5 Å². The van der Waals surface area contributed by atoms with Crippen LogP contribution < -0.4 is 4.74 Å². The van der Waals surface area contributed by atoms with Gasteiger partial charge >= 0.3 is 0 Å². The Balaban J connectivity index is 2.79. The topological polar surface area (TPSA) is 52.1 Å². The fourth-order valence-corrected chi connectivity index (χ4v) is 0.813. The summed E-state index contributed by atoms with van der Waals surface area (Å²) in [5, 5.41) is 7.37. The zero-order valence-electron chi connectivity index (χ0n) is 7.36. The number of nitrogens with zero attached hydrogens (tertiary/aromatic N) is 2. The van der Waals surface area contributed by atoms with E-state index in [4.69, 9.17) is 4.74 Å². The molecule has 1 rings (SSSR count). The molecule has 1 aromatic heterocycles. The minimum absolute atomic E-state index is 0.0925. The van der Waals surface area contributed by atoms with Gasteiger partial charge in [0.2, 0.25) is 5.88 Å². The van der Waals surface area contributed by atoms with Gasteiger partial charge in [0.15, 0.2) is 5.78 Å². The Morgan fingerprint density at radius 1 is 1.62 bits per heavy atom. The zero-order chi connectivity index (χ0) is 9.68. The molecule has 0 N–H and O–H groups in total. The van der Waals surface area contributed by atoms with E-state index in [9.17, 15) is 4.79 Å². The number of ketones is 1. The van der Waals surface area contributed by atoms with Crippen LogP contribution in [0.4, 0.5) is 0 Å². The van der Waals surface area contributed by atoms with Gasteiger partial charge in [-0.3, -0.25) is 4.79 Å². The summed E-state index contributed by atoms with van der Waals surface area (Å²) in [6, 6.07) is 3.18. The zero-order valence-corrected chi connectivity index (χ0v) is 7.36. The van der Waals surface area contributed by atoms with Crippen molar-refractivity contribution < 1.29 is 9.53 Å². The lowest BCUT2D eigenvalue weighted by Crippen LogP contribution is -2.02. The Labute approximate surface area is 76.2 Å². The van der Waals surface area contributed by atoms with Gasteiger partial charge in [0.25, 0.3) is 0 Å². The van der Waals surface area contributed by atoms with E-state index in [1.807, 2.05) is 0 Å². The highest BCUT2D eigenvalue weighted by Gasteiger charge is 2.05. The fourth-order valence-electron chi connectivity index (χ4n) is 0.813. The van der Waals surface area contributed by atoms with E-state index >= 15 is 0 Å². The van der Waals surface area contributed by atoms with Gasteiger partial charge < -0.3 is 4.74 Å². The number of carbonyl (C=O) groups is 1. The minimum atomic E-state index is -0.0925. The van der Waals surface area contributed by atoms with Gasteiger partial charge in [-0.15, -0.1) is 16.8 Å². The number of hydrogen-bond donors (Lipinski definition) is 0. The maximum atomic E-state index is 11.2. The number of Topliss-reactive ketones (excluding diaryl/α,β-unsaturated/α-hetero) is 1. The molecule has 4 heteroatoms. The Kier molecular flexibility index (Phi) is 3.14. The van der Waals surface area contributed by atoms with Gasteiger partial charge in [0, 0.05) is 12.5 Å². The number of hydrogen-bond acceptors (Lipinski definition) is 4. The van der Waals surface area contributed by atoms with Gasteiger partial charge in [0.05, 0.1) is 7.11 Å². The van der Waals surface area contributed by atoms with Crippen LogP contribution in [0.25, 0.3) is 0 Å². The summed E-state index contributed by atoms with van der Waals surface area (Å²) in [7, 11) is 1.50. The maximum absolute atomic E-state index is 11.2. The Bertz CT molecular complexity index is 306. The molecule has 13 heavy (non-hydrogen) atoms. The third kappa shape index (κ3) is 2.37. The molecular formula is C9H10N2O2. The van der Waals surface area contributed by atoms with E-state index in [1.54, 1.807) is 12.1 Å². The summed E-state index contributed by atoms with van der Waals surface area (Å²) < 4.78 is 4.80. The number of ether oxygens (including phenoxy) is 1. The number of carbonyl (C=O) groups excluding carboxylic acids is 1. The molecule has 1 heterocycles. The van der Waals surface area contributed by atoms with Crippen LogP contribution in [0.15, 0.2) is 24.8 Å². The first-order chi connectivity index (χ1) is 6.27. The number of methoxy groups -OCH3 is 1. The van der Waals surface area contributed by atoms with E-state index in [0.717, 1.165) is 0 Å². The van der Waals surface area contributed by atoms with E-state index in [2.05, 4.69) is 16.8 Å². The molecule has 0 unspecified atom stereocenters. The molecule has 0 aliphatic carbocycles. The molecule has 0 aliphatic heterocycles. The first-order valence-electron chi connectivity index (χ1n) is 3.79. The molecule has 0 saturated heterocycles. The summed E-state index contributed by atoms with van der Waals surface area (Å²) in [6.07, 6.45) is 1.81. The van der Waals surface area contributed by atoms with E-state index in [1.165, 1.54) is 13.2 Å². The normalized spacial score (nSPS) is 9.31. The minimum Gasteiger partial charge on any atom is -0.480 e. The SMILES string of the molecule is C=CCC(=O)c1ccc(OC)nn1. The molecule has 0 aromatic carbocycles. The lowest BCUT2D eigenvalue weighted by molar-refractivity contribution is 0.0990. The van der Waals surface area contributed by atoms with Crippen molar-refractivity contribution >= 4 is 5.78 Å². The Hall–Kier alpha value is -1.71. The lowest BCUT2D eigenvalue weighted by atomic mass is 10.2. The van der Waals surface area contributed by atoms with Crippen molar-refractivity contribution in [2.24, 2.45) is 0 Å². The molecule has 0 saturated carbocycles. The average molecular weight is 178 g/mol. The molecule has 4 nitrogen and oxygen atoms in total. The molecule has 0 atom stereocenters. The molecule has 0 spiro atoms. The van der Waals surface area contributed by atoms with Crippen LogP contribution in [0, 0.1) is 0 Å². The summed E-state index contributed by atoms with van der Waals surface area (Å²) in [4.78, 5) is 11.2. The second-order valence-corrected chi connectivity index (χ2v) is 2.38. The van der Waals surface area contributed by atoms with Gasteiger partial charge in [-0.2, -0.15) is 0 Å². The van der Waals surface area contributed by atoms with Crippen LogP contribution >= 0.6 is 0 Å². The van der Waals surface area contributed by atoms with E-state index < -0.39 is 0 Å². The second-order valence-electron chi connectivity index (χ2n) is 2.38. The largest absolute Gasteiger partial charge is 0.480 e. The van der Waals surface area contributed by atoms with Gasteiger partial charge in [-0.1, -0.05) is 6.08 Å². The summed E-state index contributed by atoms with van der Waals surface area (Å²) in [5.74, 6) is 0.306. The first kappa shape index (κ1) is 9.38. The summed E-state index contributed by atoms with van der Waals surface area (Å²) in [6.45, 7) is 3.47. The summed E-state index contributed by atoms with van der Waals surface area (Å²) in [5.41, 5.74) is 0.334. The molecule has 68 valence electrons. The van der Waals surface area contributed by atoms with Crippen LogP contribution in [0.3, 0.4) is 0 Å². The van der Waals surface area contributed by atoms with Crippen molar-refractivity contribution in [1.29, 1.82) is 0 Å². The molecule has 0 fully saturated rings. The van der Waals surface area contributed by atoms with Crippen LogP contribution in [0.1, 0.15) is 16.9 Å². The number of allylic oxidation sites excluding steroid dienone is 1. The predicted octanol–water partition coefficient (Wildman–Crippen LogP) is 1.24. The standard InChI is InChI=1S/C9H10N2O2/c1-3-4-8(12)7-5-6-9(13-2)11-10-7/h3,5-6H,1,4H2,2H3. The van der Waals surface area contributed by atoms with Crippen LogP contribution in [-0.4, -0.2) is 23.1 Å². The lowest BCUT2D eigenvalue weighted by Gasteiger charge is -1.98. The van der Waals surface area contributed by atoms with E-state index in [0.29, 0.717) is 11.6 Å². The smallest absolute Gasteiger partial charge is 0.233 e. The third-order valence-corrected chi connectivity index (χ3v) is 1.46. The highest BCUT2D eigenvalue weighted by molar-refractivity contribution is 5.94. The predicted molar refractivity (Wildman–Crippen MR) is 47.7 cm³/mol. The van der Waals surface area contributed by atoms with E-state index in [-0.39, 0.29) is 12.2 Å². The van der Waals surface area contributed by atoms with Crippen molar-refractivity contribution in [3.8, 4) is 5.88 Å². The average Bonchev–Trinajstić information content (AvgIpc) is 2.18. The van der Waals surface area contributed by atoms with Crippen molar-refractivity contribution in [2.45, 2.75) is 6.42 Å². The maximum Gasteiger partial charge on any atom is 0.233 e. The van der Waals surface area contributed by atoms with Gasteiger partial charge in [-0.05, 0) is 6.07 Å². The van der Waals surface area contributed by atoms with Gasteiger partial charge in [-0.25, -0.2) is 0 Å².